The van der Waals surface area contributed by atoms with Crippen molar-refractivity contribution < 1.29 is 0 Å². The molecule has 2 aromatic carbocycles. The first kappa shape index (κ1) is 13.4. The molecule has 0 aliphatic carbocycles. The van der Waals surface area contributed by atoms with Crippen molar-refractivity contribution in [3.05, 3.63) is 72.3 Å². The molecule has 0 aliphatic rings. The molecule has 0 amide bonds. The Morgan fingerprint density at radius 1 is 0.889 bits per heavy atom. The van der Waals surface area contributed by atoms with Crippen molar-refractivity contribution >= 4 is 28.2 Å². The first-order valence-electron chi connectivity index (χ1n) is 6.26. The number of hydrogen-bond donors (Lipinski definition) is 0. The molecular formula is C17H18Te. The molecule has 0 aromatic heterocycles. The molecule has 0 atom stereocenters. The Bertz CT molecular complexity index is 498. The van der Waals surface area contributed by atoms with E-state index in [4.69, 9.17) is 0 Å². The average molecular weight is 350 g/mol. The van der Waals surface area contributed by atoms with Crippen LogP contribution in [-0.2, 0) is 0 Å². The van der Waals surface area contributed by atoms with Gasteiger partial charge in [-0.3, -0.25) is 0 Å². The molecule has 0 spiro atoms. The number of hydrogen-bond acceptors (Lipinski definition) is 0. The maximum atomic E-state index is 2.42. The van der Waals surface area contributed by atoms with Crippen molar-refractivity contribution in [2.45, 2.75) is 13.8 Å². The standard InChI is InChI=1S/C17H18Te/c1-14(2)13-17(15-9-5-3-6-10-15)18-16-11-7-4-8-12-16/h3-14H,1-2H3/b17-13+. The fourth-order valence-corrected chi connectivity index (χ4v) is 4.97. The fourth-order valence-electron chi connectivity index (χ4n) is 1.71. The van der Waals surface area contributed by atoms with Gasteiger partial charge in [0, 0.05) is 0 Å². The number of benzene rings is 2. The van der Waals surface area contributed by atoms with Crippen LogP contribution in [0.15, 0.2) is 66.7 Å². The summed E-state index contributed by atoms with van der Waals surface area (Å²) in [6.07, 6.45) is 2.42. The van der Waals surface area contributed by atoms with E-state index in [9.17, 15) is 0 Å². The Labute approximate surface area is 120 Å². The normalized spacial score (nSPS) is 11.8. The van der Waals surface area contributed by atoms with Crippen molar-refractivity contribution in [3.63, 3.8) is 0 Å². The molecule has 92 valence electrons. The van der Waals surface area contributed by atoms with E-state index in [1.807, 2.05) is 0 Å². The summed E-state index contributed by atoms with van der Waals surface area (Å²) in [6.45, 7) is 4.50. The Kier molecular flexibility index (Phi) is 5.05. The van der Waals surface area contributed by atoms with E-state index in [2.05, 4.69) is 80.6 Å². The molecule has 0 N–H and O–H groups in total. The van der Waals surface area contributed by atoms with Crippen LogP contribution < -0.4 is 3.61 Å². The van der Waals surface area contributed by atoms with Crippen molar-refractivity contribution in [1.29, 1.82) is 0 Å². The SMILES string of the molecule is CC(C)/C=C(/[Te]c1ccccc1)c1ccccc1. The zero-order valence-electron chi connectivity index (χ0n) is 10.8. The molecule has 0 heterocycles. The molecule has 2 aromatic rings. The number of rotatable bonds is 4. The summed E-state index contributed by atoms with van der Waals surface area (Å²) in [5.74, 6) is 0.606. The zero-order valence-corrected chi connectivity index (χ0v) is 13.2. The van der Waals surface area contributed by atoms with Gasteiger partial charge in [-0.2, -0.15) is 0 Å². The van der Waals surface area contributed by atoms with Gasteiger partial charge in [-0.25, -0.2) is 0 Å². The molecule has 0 saturated carbocycles. The topological polar surface area (TPSA) is 0 Å². The molecule has 0 bridgehead atoms. The maximum absolute atomic E-state index is 2.42. The van der Waals surface area contributed by atoms with Crippen LogP contribution in [0.4, 0.5) is 0 Å². The van der Waals surface area contributed by atoms with E-state index in [-0.39, 0.29) is 20.9 Å². The molecule has 0 fully saturated rings. The summed E-state index contributed by atoms with van der Waals surface area (Å²) in [5.41, 5.74) is 1.39. The van der Waals surface area contributed by atoms with Crippen LogP contribution in [-0.4, -0.2) is 20.9 Å². The minimum atomic E-state index is -0.289. The molecule has 1 heteroatoms. The van der Waals surface area contributed by atoms with E-state index >= 15 is 0 Å². The summed E-state index contributed by atoms with van der Waals surface area (Å²) in [7, 11) is 0. The molecule has 18 heavy (non-hydrogen) atoms. The molecule has 0 nitrogen and oxygen atoms in total. The van der Waals surface area contributed by atoms with Gasteiger partial charge in [-0.15, -0.1) is 0 Å². The second kappa shape index (κ2) is 6.78. The van der Waals surface area contributed by atoms with Crippen LogP contribution in [0.2, 0.25) is 0 Å². The van der Waals surface area contributed by atoms with E-state index < -0.39 is 0 Å². The van der Waals surface area contributed by atoms with Gasteiger partial charge in [0.1, 0.15) is 0 Å². The van der Waals surface area contributed by atoms with Crippen LogP contribution in [0.1, 0.15) is 19.4 Å². The molecule has 0 aliphatic heterocycles. The van der Waals surface area contributed by atoms with E-state index in [0.29, 0.717) is 5.92 Å². The molecular weight excluding hydrogens is 332 g/mol. The van der Waals surface area contributed by atoms with Gasteiger partial charge in [0.15, 0.2) is 0 Å². The number of allylic oxidation sites excluding steroid dienone is 1. The van der Waals surface area contributed by atoms with Crippen molar-refractivity contribution in [2.75, 3.05) is 0 Å². The fraction of sp³-hybridized carbons (Fsp3) is 0.176. The summed E-state index contributed by atoms with van der Waals surface area (Å²) in [4.78, 5) is 0. The van der Waals surface area contributed by atoms with Crippen LogP contribution in [0.3, 0.4) is 0 Å². The molecule has 0 saturated heterocycles. The minimum absolute atomic E-state index is 0.289. The second-order valence-corrected chi connectivity index (χ2v) is 7.74. The van der Waals surface area contributed by atoms with Crippen LogP contribution in [0.25, 0.3) is 3.62 Å². The first-order chi connectivity index (χ1) is 8.75. The van der Waals surface area contributed by atoms with Crippen LogP contribution in [0.5, 0.6) is 0 Å². The Balaban J connectivity index is 2.28. The average Bonchev–Trinajstić information content (AvgIpc) is 2.40. The first-order valence-corrected chi connectivity index (χ1v) is 8.59. The van der Waals surface area contributed by atoms with Crippen LogP contribution >= 0.6 is 0 Å². The van der Waals surface area contributed by atoms with E-state index in [0.717, 1.165) is 0 Å². The third-order valence-corrected chi connectivity index (χ3v) is 5.65. The quantitative estimate of drug-likeness (QED) is 0.738. The third kappa shape index (κ3) is 4.02. The van der Waals surface area contributed by atoms with E-state index in [1.54, 1.807) is 3.62 Å². The van der Waals surface area contributed by atoms with Gasteiger partial charge in [-0.1, -0.05) is 0 Å². The Morgan fingerprint density at radius 3 is 2.00 bits per heavy atom. The van der Waals surface area contributed by atoms with E-state index in [1.165, 1.54) is 9.17 Å². The van der Waals surface area contributed by atoms with Crippen molar-refractivity contribution in [1.82, 2.24) is 0 Å². The van der Waals surface area contributed by atoms with Gasteiger partial charge in [0.25, 0.3) is 0 Å². The van der Waals surface area contributed by atoms with Gasteiger partial charge < -0.3 is 0 Å². The molecule has 0 unspecified atom stereocenters. The Hall–Kier alpha value is -1.03. The summed E-state index contributed by atoms with van der Waals surface area (Å²) in [6, 6.07) is 21.6. The predicted molar refractivity (Wildman–Crippen MR) is 81.1 cm³/mol. The van der Waals surface area contributed by atoms with Crippen molar-refractivity contribution in [3.8, 4) is 0 Å². The van der Waals surface area contributed by atoms with Gasteiger partial charge in [0.05, 0.1) is 0 Å². The van der Waals surface area contributed by atoms with Crippen LogP contribution in [0, 0.1) is 5.92 Å². The predicted octanol–water partition coefficient (Wildman–Crippen LogP) is 3.71. The van der Waals surface area contributed by atoms with Gasteiger partial charge in [0.2, 0.25) is 0 Å². The Morgan fingerprint density at radius 2 is 1.44 bits per heavy atom. The second-order valence-electron chi connectivity index (χ2n) is 4.56. The third-order valence-electron chi connectivity index (χ3n) is 2.51. The summed E-state index contributed by atoms with van der Waals surface area (Å²) in [5, 5.41) is 0. The monoisotopic (exact) mass is 352 g/mol. The molecule has 0 radical (unpaired) electrons. The zero-order chi connectivity index (χ0) is 12.8. The molecule has 2 rings (SSSR count). The summed E-state index contributed by atoms with van der Waals surface area (Å²) >= 11 is -0.289. The summed E-state index contributed by atoms with van der Waals surface area (Å²) < 4.78 is 3.04. The van der Waals surface area contributed by atoms with Gasteiger partial charge >= 0.3 is 120 Å². The van der Waals surface area contributed by atoms with Crippen molar-refractivity contribution in [2.24, 2.45) is 5.92 Å². The van der Waals surface area contributed by atoms with Gasteiger partial charge in [-0.05, 0) is 0 Å².